The van der Waals surface area contributed by atoms with Gasteiger partial charge in [0, 0.05) is 30.8 Å². The van der Waals surface area contributed by atoms with Crippen LogP contribution < -0.4 is 11.1 Å². The third-order valence-electron chi connectivity index (χ3n) is 3.85. The number of carbonyl (C=O) groups is 2. The average Bonchev–Trinajstić information content (AvgIpc) is 2.87. The van der Waals surface area contributed by atoms with Crippen LogP contribution in [0, 0.1) is 5.92 Å². The topological polar surface area (TPSA) is 75.4 Å². The Kier molecular flexibility index (Phi) is 6.18. The van der Waals surface area contributed by atoms with Crippen LogP contribution in [0.3, 0.4) is 0 Å². The maximum absolute atomic E-state index is 12.5. The van der Waals surface area contributed by atoms with E-state index in [2.05, 4.69) is 5.32 Å². The fourth-order valence-electron chi connectivity index (χ4n) is 2.70. The van der Waals surface area contributed by atoms with Crippen molar-refractivity contribution in [2.24, 2.45) is 11.7 Å². The molecule has 0 saturated carbocycles. The lowest BCUT2D eigenvalue weighted by Crippen LogP contribution is -2.34. The van der Waals surface area contributed by atoms with Crippen molar-refractivity contribution < 1.29 is 9.59 Å². The molecule has 5 nitrogen and oxygen atoms in total. The van der Waals surface area contributed by atoms with Gasteiger partial charge in [0.25, 0.3) is 11.8 Å². The van der Waals surface area contributed by atoms with Crippen LogP contribution in [0.5, 0.6) is 0 Å². The predicted octanol–water partition coefficient (Wildman–Crippen LogP) is 1.28. The number of rotatable bonds is 3. The lowest BCUT2D eigenvalue weighted by molar-refractivity contribution is 0.0743. The molecule has 0 aliphatic carbocycles. The van der Waals surface area contributed by atoms with E-state index >= 15 is 0 Å². The summed E-state index contributed by atoms with van der Waals surface area (Å²) in [6, 6.07) is 7.02. The second-order valence-electron chi connectivity index (χ2n) is 5.30. The minimum Gasteiger partial charge on any atom is -0.355 e. The highest BCUT2D eigenvalue weighted by molar-refractivity contribution is 5.99. The monoisotopic (exact) mass is 311 g/mol. The Morgan fingerprint density at radius 1 is 1.38 bits per heavy atom. The SMILES string of the molecule is CNC(=O)c1cccc(C(=O)N2CC(CN)CC2C)c1.Cl. The molecule has 1 aromatic carbocycles. The van der Waals surface area contributed by atoms with Crippen LogP contribution in [0.1, 0.15) is 34.1 Å². The number of nitrogens with zero attached hydrogens (tertiary/aromatic N) is 1. The highest BCUT2D eigenvalue weighted by atomic mass is 35.5. The largest absolute Gasteiger partial charge is 0.355 e. The summed E-state index contributed by atoms with van der Waals surface area (Å²) < 4.78 is 0. The molecule has 1 aliphatic rings. The van der Waals surface area contributed by atoms with Gasteiger partial charge in [-0.15, -0.1) is 12.4 Å². The van der Waals surface area contributed by atoms with Crippen molar-refractivity contribution in [1.29, 1.82) is 0 Å². The fraction of sp³-hybridized carbons (Fsp3) is 0.467. The molecule has 0 aromatic heterocycles. The highest BCUT2D eigenvalue weighted by Crippen LogP contribution is 2.24. The number of amides is 2. The maximum atomic E-state index is 12.5. The minimum absolute atomic E-state index is 0. The molecular formula is C15H22ClN3O2. The van der Waals surface area contributed by atoms with Gasteiger partial charge in [0.15, 0.2) is 0 Å². The van der Waals surface area contributed by atoms with Gasteiger partial charge in [-0.1, -0.05) is 6.07 Å². The predicted molar refractivity (Wildman–Crippen MR) is 84.7 cm³/mol. The number of benzene rings is 1. The van der Waals surface area contributed by atoms with Gasteiger partial charge in [-0.05, 0) is 44.0 Å². The lowest BCUT2D eigenvalue weighted by atomic mass is 10.1. The summed E-state index contributed by atoms with van der Waals surface area (Å²) in [5.74, 6) is 0.157. The number of carbonyl (C=O) groups excluding carboxylic acids is 2. The Balaban J connectivity index is 0.00000220. The third-order valence-corrected chi connectivity index (χ3v) is 3.85. The Labute approximate surface area is 131 Å². The smallest absolute Gasteiger partial charge is 0.254 e. The van der Waals surface area contributed by atoms with Gasteiger partial charge in [0.05, 0.1) is 0 Å². The van der Waals surface area contributed by atoms with E-state index in [4.69, 9.17) is 5.73 Å². The van der Waals surface area contributed by atoms with Gasteiger partial charge >= 0.3 is 0 Å². The molecule has 2 amide bonds. The van der Waals surface area contributed by atoms with Gasteiger partial charge in [-0.2, -0.15) is 0 Å². The number of hydrogen-bond acceptors (Lipinski definition) is 3. The molecule has 6 heteroatoms. The van der Waals surface area contributed by atoms with Crippen LogP contribution in [-0.2, 0) is 0 Å². The molecule has 2 rings (SSSR count). The van der Waals surface area contributed by atoms with E-state index in [-0.39, 0.29) is 30.3 Å². The average molecular weight is 312 g/mol. The number of nitrogens with two attached hydrogens (primary N) is 1. The first-order valence-corrected chi connectivity index (χ1v) is 6.90. The van der Waals surface area contributed by atoms with Crippen LogP contribution in [-0.4, -0.2) is 42.9 Å². The lowest BCUT2D eigenvalue weighted by Gasteiger charge is -2.21. The molecule has 0 bridgehead atoms. The third kappa shape index (κ3) is 3.74. The quantitative estimate of drug-likeness (QED) is 0.883. The molecule has 2 atom stereocenters. The summed E-state index contributed by atoms with van der Waals surface area (Å²) >= 11 is 0. The molecule has 0 radical (unpaired) electrons. The highest BCUT2D eigenvalue weighted by Gasteiger charge is 2.32. The van der Waals surface area contributed by atoms with E-state index in [1.165, 1.54) is 0 Å². The normalized spacial score (nSPS) is 20.8. The maximum Gasteiger partial charge on any atom is 0.254 e. The summed E-state index contributed by atoms with van der Waals surface area (Å²) in [5, 5.41) is 2.56. The summed E-state index contributed by atoms with van der Waals surface area (Å²) in [7, 11) is 1.57. The Morgan fingerprint density at radius 3 is 2.62 bits per heavy atom. The van der Waals surface area contributed by atoms with Crippen molar-refractivity contribution in [3.63, 3.8) is 0 Å². The van der Waals surface area contributed by atoms with Crippen molar-refractivity contribution in [2.75, 3.05) is 20.1 Å². The van der Waals surface area contributed by atoms with Crippen molar-refractivity contribution >= 4 is 24.2 Å². The van der Waals surface area contributed by atoms with Crippen molar-refractivity contribution in [1.82, 2.24) is 10.2 Å². The summed E-state index contributed by atoms with van der Waals surface area (Å²) in [6.45, 7) is 3.34. The number of hydrogen-bond donors (Lipinski definition) is 2. The summed E-state index contributed by atoms with van der Waals surface area (Å²) in [4.78, 5) is 26.0. The summed E-state index contributed by atoms with van der Waals surface area (Å²) in [6.07, 6.45) is 0.942. The Bertz CT molecular complexity index is 521. The standard InChI is InChI=1S/C15H21N3O2.ClH/c1-10-6-11(8-16)9-18(10)15(20)13-5-3-4-12(7-13)14(19)17-2;/h3-5,7,10-11H,6,8-9,16H2,1-2H3,(H,17,19);1H. The Morgan fingerprint density at radius 2 is 2.05 bits per heavy atom. The first-order valence-electron chi connectivity index (χ1n) is 6.90. The van der Waals surface area contributed by atoms with Crippen LogP contribution in [0.2, 0.25) is 0 Å². The second kappa shape index (κ2) is 7.43. The molecular weight excluding hydrogens is 290 g/mol. The fourth-order valence-corrected chi connectivity index (χ4v) is 2.70. The van der Waals surface area contributed by atoms with Gasteiger partial charge in [0.2, 0.25) is 0 Å². The van der Waals surface area contributed by atoms with Crippen LogP contribution in [0.4, 0.5) is 0 Å². The minimum atomic E-state index is -0.186. The van der Waals surface area contributed by atoms with Crippen molar-refractivity contribution in [3.05, 3.63) is 35.4 Å². The van der Waals surface area contributed by atoms with Gasteiger partial charge < -0.3 is 16.0 Å². The van der Waals surface area contributed by atoms with Gasteiger partial charge in [-0.25, -0.2) is 0 Å². The first kappa shape index (κ1) is 17.5. The molecule has 1 aromatic rings. The molecule has 21 heavy (non-hydrogen) atoms. The van der Waals surface area contributed by atoms with E-state index in [9.17, 15) is 9.59 Å². The zero-order valence-corrected chi connectivity index (χ0v) is 13.2. The Hall–Kier alpha value is -1.59. The van der Waals surface area contributed by atoms with E-state index in [1.54, 1.807) is 31.3 Å². The second-order valence-corrected chi connectivity index (χ2v) is 5.30. The molecule has 3 N–H and O–H groups in total. The molecule has 2 unspecified atom stereocenters. The molecule has 116 valence electrons. The van der Waals surface area contributed by atoms with Gasteiger partial charge in [0.1, 0.15) is 0 Å². The van der Waals surface area contributed by atoms with Crippen LogP contribution in [0.25, 0.3) is 0 Å². The van der Waals surface area contributed by atoms with Crippen molar-refractivity contribution in [3.8, 4) is 0 Å². The van der Waals surface area contributed by atoms with E-state index < -0.39 is 0 Å². The van der Waals surface area contributed by atoms with Crippen LogP contribution >= 0.6 is 12.4 Å². The van der Waals surface area contributed by atoms with Gasteiger partial charge in [-0.3, -0.25) is 9.59 Å². The molecule has 1 saturated heterocycles. The number of likely N-dealkylation sites (tertiary alicyclic amines) is 1. The van der Waals surface area contributed by atoms with E-state index in [0.29, 0.717) is 30.1 Å². The summed E-state index contributed by atoms with van der Waals surface area (Å²) in [5.41, 5.74) is 6.74. The molecule has 1 aliphatic heterocycles. The van der Waals surface area contributed by atoms with Crippen LogP contribution in [0.15, 0.2) is 24.3 Å². The zero-order chi connectivity index (χ0) is 14.7. The zero-order valence-electron chi connectivity index (χ0n) is 12.3. The van der Waals surface area contributed by atoms with E-state index in [1.807, 2.05) is 11.8 Å². The first-order chi connectivity index (χ1) is 9.56. The molecule has 1 heterocycles. The molecule has 0 spiro atoms. The number of nitrogens with one attached hydrogen (secondary N) is 1. The number of halogens is 1. The van der Waals surface area contributed by atoms with Crippen molar-refractivity contribution in [2.45, 2.75) is 19.4 Å². The molecule has 1 fully saturated rings. The van der Waals surface area contributed by atoms with E-state index in [0.717, 1.165) is 6.42 Å².